The second-order valence-electron chi connectivity index (χ2n) is 4.70. The molecule has 0 fully saturated rings. The molecule has 0 saturated carbocycles. The summed E-state index contributed by atoms with van der Waals surface area (Å²) in [5.41, 5.74) is 0.551. The number of nitrogens with one attached hydrogen (secondary N) is 1. The quantitative estimate of drug-likeness (QED) is 0.795. The first-order valence-corrected chi connectivity index (χ1v) is 7.03. The molecule has 1 aromatic heterocycles. The Hall–Kier alpha value is -1.95. The highest BCUT2D eigenvalue weighted by Gasteiger charge is 2.14. The third kappa shape index (κ3) is 4.01. The van der Waals surface area contributed by atoms with Crippen molar-refractivity contribution in [2.24, 2.45) is 0 Å². The Morgan fingerprint density at radius 3 is 2.52 bits per heavy atom. The largest absolute Gasteiger partial charge is 0.448 e. The van der Waals surface area contributed by atoms with E-state index in [4.69, 9.17) is 4.74 Å². The summed E-state index contributed by atoms with van der Waals surface area (Å²) < 4.78 is 34.8. The number of hydrogen-bond acceptors (Lipinski definition) is 3. The molecular weight excluding hydrogens is 276 g/mol. The van der Waals surface area contributed by atoms with Gasteiger partial charge in [-0.15, -0.1) is 0 Å². The first-order chi connectivity index (χ1) is 10.1. The molecule has 21 heavy (non-hydrogen) atoms. The lowest BCUT2D eigenvalue weighted by Crippen LogP contribution is -2.14. The van der Waals surface area contributed by atoms with E-state index < -0.39 is 17.4 Å². The molecule has 0 radical (unpaired) electrons. The molecule has 2 aromatic rings. The van der Waals surface area contributed by atoms with Crippen LogP contribution in [0.25, 0.3) is 0 Å². The van der Waals surface area contributed by atoms with Crippen molar-refractivity contribution in [1.82, 2.24) is 15.1 Å². The minimum Gasteiger partial charge on any atom is -0.448 e. The summed E-state index contributed by atoms with van der Waals surface area (Å²) in [5, 5.41) is 7.09. The highest BCUT2D eigenvalue weighted by molar-refractivity contribution is 5.34. The molecule has 0 aliphatic rings. The molecule has 0 saturated heterocycles. The number of aromatic nitrogens is 2. The topological polar surface area (TPSA) is 39.1 Å². The maximum Gasteiger partial charge on any atom is 0.198 e. The van der Waals surface area contributed by atoms with E-state index in [0.29, 0.717) is 24.4 Å². The third-order valence-electron chi connectivity index (χ3n) is 2.97. The number of ether oxygens (including phenoxy) is 1. The van der Waals surface area contributed by atoms with Gasteiger partial charge >= 0.3 is 0 Å². The fourth-order valence-electron chi connectivity index (χ4n) is 1.91. The number of hydrogen-bond donors (Lipinski definition) is 1. The van der Waals surface area contributed by atoms with Crippen molar-refractivity contribution in [2.75, 3.05) is 6.54 Å². The molecule has 0 bridgehead atoms. The summed E-state index contributed by atoms with van der Waals surface area (Å²) in [4.78, 5) is 0. The molecule has 0 aliphatic heterocycles. The van der Waals surface area contributed by atoms with Crippen LogP contribution in [0.5, 0.6) is 11.5 Å². The van der Waals surface area contributed by atoms with Crippen LogP contribution in [-0.4, -0.2) is 16.3 Å². The molecule has 0 atom stereocenters. The Balaban J connectivity index is 2.12. The van der Waals surface area contributed by atoms with Crippen LogP contribution in [0.4, 0.5) is 8.78 Å². The van der Waals surface area contributed by atoms with Gasteiger partial charge in [-0.1, -0.05) is 6.92 Å². The number of rotatable bonds is 7. The summed E-state index contributed by atoms with van der Waals surface area (Å²) in [6.07, 6.45) is 3.99. The van der Waals surface area contributed by atoms with Crippen LogP contribution in [0.3, 0.4) is 0 Å². The second kappa shape index (κ2) is 7.17. The van der Waals surface area contributed by atoms with Crippen LogP contribution in [0.1, 0.15) is 25.8 Å². The van der Waals surface area contributed by atoms with Gasteiger partial charge in [0, 0.05) is 13.1 Å². The van der Waals surface area contributed by atoms with E-state index in [1.165, 1.54) is 18.3 Å². The van der Waals surface area contributed by atoms with E-state index in [-0.39, 0.29) is 0 Å². The fourth-order valence-corrected chi connectivity index (χ4v) is 1.91. The average molecular weight is 295 g/mol. The zero-order valence-corrected chi connectivity index (χ0v) is 12.2. The summed E-state index contributed by atoms with van der Waals surface area (Å²) in [6.45, 7) is 5.83. The Bertz CT molecular complexity index is 575. The molecule has 6 heteroatoms. The minimum atomic E-state index is -0.715. The van der Waals surface area contributed by atoms with Crippen LogP contribution in [0.2, 0.25) is 0 Å². The summed E-state index contributed by atoms with van der Waals surface area (Å²) in [5.74, 6) is -1.52. The molecule has 1 heterocycles. The number of nitrogens with zero attached hydrogens (tertiary/aromatic N) is 2. The lowest BCUT2D eigenvalue weighted by molar-refractivity contribution is 0.405. The Labute approximate surface area is 122 Å². The van der Waals surface area contributed by atoms with Crippen LogP contribution in [0, 0.1) is 11.6 Å². The lowest BCUT2D eigenvalue weighted by atomic mass is 10.2. The van der Waals surface area contributed by atoms with Gasteiger partial charge in [0.15, 0.2) is 23.1 Å². The average Bonchev–Trinajstić information content (AvgIpc) is 2.91. The van der Waals surface area contributed by atoms with Gasteiger partial charge in [0.25, 0.3) is 0 Å². The van der Waals surface area contributed by atoms with Crippen LogP contribution in [-0.2, 0) is 13.1 Å². The van der Waals surface area contributed by atoms with Gasteiger partial charge in [-0.2, -0.15) is 5.10 Å². The summed E-state index contributed by atoms with van der Waals surface area (Å²) in [6, 6.07) is 2.57. The maximum absolute atomic E-state index is 14.0. The Morgan fingerprint density at radius 1 is 1.24 bits per heavy atom. The zero-order valence-electron chi connectivity index (χ0n) is 12.2. The highest BCUT2D eigenvalue weighted by Crippen LogP contribution is 2.28. The molecule has 0 spiro atoms. The van der Waals surface area contributed by atoms with Crippen molar-refractivity contribution in [3.63, 3.8) is 0 Å². The van der Waals surface area contributed by atoms with E-state index >= 15 is 0 Å². The van der Waals surface area contributed by atoms with Crippen molar-refractivity contribution in [1.29, 1.82) is 0 Å². The van der Waals surface area contributed by atoms with E-state index in [9.17, 15) is 8.78 Å². The molecule has 0 unspecified atom stereocenters. The van der Waals surface area contributed by atoms with E-state index in [1.807, 2.05) is 13.8 Å². The first-order valence-electron chi connectivity index (χ1n) is 7.03. The molecular formula is C15H19F2N3O. The predicted molar refractivity (Wildman–Crippen MR) is 76.3 cm³/mol. The summed E-state index contributed by atoms with van der Waals surface area (Å²) >= 11 is 0. The van der Waals surface area contributed by atoms with Crippen molar-refractivity contribution >= 4 is 0 Å². The number of aryl methyl sites for hydroxylation is 1. The monoisotopic (exact) mass is 295 g/mol. The summed E-state index contributed by atoms with van der Waals surface area (Å²) in [7, 11) is 0. The number of benzene rings is 1. The van der Waals surface area contributed by atoms with Crippen molar-refractivity contribution < 1.29 is 13.5 Å². The van der Waals surface area contributed by atoms with Gasteiger partial charge in [-0.25, -0.2) is 8.78 Å². The molecule has 114 valence electrons. The van der Waals surface area contributed by atoms with Gasteiger partial charge in [0.05, 0.1) is 12.4 Å². The molecule has 1 N–H and O–H groups in total. The third-order valence-corrected chi connectivity index (χ3v) is 2.97. The van der Waals surface area contributed by atoms with Gasteiger partial charge in [0.1, 0.15) is 0 Å². The molecule has 4 nitrogen and oxygen atoms in total. The maximum atomic E-state index is 14.0. The van der Waals surface area contributed by atoms with Gasteiger partial charge in [0.2, 0.25) is 0 Å². The first kappa shape index (κ1) is 15.4. The minimum absolute atomic E-state index is 0.312. The fraction of sp³-hybridized carbons (Fsp3) is 0.400. The highest BCUT2D eigenvalue weighted by atomic mass is 19.1. The lowest BCUT2D eigenvalue weighted by Gasteiger charge is -2.09. The van der Waals surface area contributed by atoms with E-state index in [0.717, 1.165) is 13.0 Å². The van der Waals surface area contributed by atoms with Crippen LogP contribution < -0.4 is 10.1 Å². The van der Waals surface area contributed by atoms with Gasteiger partial charge in [-0.3, -0.25) is 4.68 Å². The van der Waals surface area contributed by atoms with Gasteiger partial charge < -0.3 is 10.1 Å². The van der Waals surface area contributed by atoms with Crippen LogP contribution in [0.15, 0.2) is 24.5 Å². The SMILES string of the molecule is CCCNCc1cc(F)c(Oc2cnn(CC)c2)c(F)c1. The molecule has 0 amide bonds. The van der Waals surface area contributed by atoms with Crippen molar-refractivity contribution in [3.8, 4) is 11.5 Å². The number of halogens is 2. The zero-order chi connectivity index (χ0) is 15.2. The second-order valence-corrected chi connectivity index (χ2v) is 4.70. The molecule has 1 aromatic carbocycles. The molecule has 2 rings (SSSR count). The Kier molecular flexibility index (Phi) is 5.27. The Morgan fingerprint density at radius 2 is 1.95 bits per heavy atom. The smallest absolute Gasteiger partial charge is 0.198 e. The standard InChI is InChI=1S/C15H19F2N3O/c1-3-5-18-8-11-6-13(16)15(14(17)7-11)21-12-9-19-20(4-2)10-12/h6-7,9-10,18H,3-5,8H2,1-2H3. The van der Waals surface area contributed by atoms with E-state index in [1.54, 1.807) is 10.9 Å². The molecule has 0 aliphatic carbocycles. The van der Waals surface area contributed by atoms with Crippen molar-refractivity contribution in [2.45, 2.75) is 33.4 Å². The van der Waals surface area contributed by atoms with Crippen LogP contribution >= 0.6 is 0 Å². The predicted octanol–water partition coefficient (Wildman–Crippen LogP) is 3.47. The normalized spacial score (nSPS) is 10.9. The van der Waals surface area contributed by atoms with Gasteiger partial charge in [-0.05, 0) is 37.6 Å². The van der Waals surface area contributed by atoms with Crippen molar-refractivity contribution in [3.05, 3.63) is 41.7 Å². The van der Waals surface area contributed by atoms with E-state index in [2.05, 4.69) is 10.4 Å².